The number of carbonyl (C=O) groups excluding carboxylic acids is 2. The van der Waals surface area contributed by atoms with Crippen molar-refractivity contribution in [2.24, 2.45) is 0 Å². The van der Waals surface area contributed by atoms with E-state index in [4.69, 9.17) is 4.84 Å². The fraction of sp³-hybridized carbons (Fsp3) is 0.429. The molecule has 0 aliphatic carbocycles. The summed E-state index contributed by atoms with van der Waals surface area (Å²) in [4.78, 5) is 29.7. The quantitative estimate of drug-likeness (QED) is 0.271. The zero-order valence-corrected chi connectivity index (χ0v) is 19.4. The SMILES string of the molecule is O=C(CCCCCCCC(=O)NOCc1ccccc1)Cc1cn2c3c(cccc13)CCC2. The molecule has 1 aromatic heterocycles. The first kappa shape index (κ1) is 23.2. The lowest BCUT2D eigenvalue weighted by molar-refractivity contribution is -0.134. The first-order valence-electron chi connectivity index (χ1n) is 12.3. The number of carbonyl (C=O) groups is 2. The monoisotopic (exact) mass is 446 g/mol. The number of hydroxylamine groups is 1. The van der Waals surface area contributed by atoms with Gasteiger partial charge in [-0.05, 0) is 42.4 Å². The zero-order chi connectivity index (χ0) is 22.9. The maximum Gasteiger partial charge on any atom is 0.243 e. The van der Waals surface area contributed by atoms with E-state index in [-0.39, 0.29) is 5.91 Å². The summed E-state index contributed by atoms with van der Waals surface area (Å²) in [5.74, 6) is 0.251. The van der Waals surface area contributed by atoms with Gasteiger partial charge in [0.25, 0.3) is 0 Å². The van der Waals surface area contributed by atoms with Crippen molar-refractivity contribution in [1.29, 1.82) is 0 Å². The molecule has 174 valence electrons. The average Bonchev–Trinajstić information content (AvgIpc) is 3.18. The number of hydrogen-bond acceptors (Lipinski definition) is 3. The zero-order valence-electron chi connectivity index (χ0n) is 19.4. The molecule has 0 radical (unpaired) electrons. The maximum atomic E-state index is 12.6. The molecular formula is C28H34N2O3. The summed E-state index contributed by atoms with van der Waals surface area (Å²) in [5, 5.41) is 1.26. The topological polar surface area (TPSA) is 60.3 Å². The van der Waals surface area contributed by atoms with Crippen LogP contribution in [0.2, 0.25) is 0 Å². The molecule has 5 heteroatoms. The molecule has 0 saturated carbocycles. The Balaban J connectivity index is 1.07. The number of hydrogen-bond donors (Lipinski definition) is 1. The molecule has 0 fully saturated rings. The Hall–Kier alpha value is -2.92. The molecule has 3 aromatic rings. The van der Waals surface area contributed by atoms with E-state index in [0.29, 0.717) is 31.7 Å². The third-order valence-electron chi connectivity index (χ3n) is 6.42. The van der Waals surface area contributed by atoms with Crippen LogP contribution in [0.3, 0.4) is 0 Å². The van der Waals surface area contributed by atoms with Crippen LogP contribution in [0, 0.1) is 0 Å². The predicted octanol–water partition coefficient (Wildman–Crippen LogP) is 5.68. The number of nitrogens with zero attached hydrogens (tertiary/aromatic N) is 1. The molecule has 0 bridgehead atoms. The van der Waals surface area contributed by atoms with E-state index in [1.807, 2.05) is 30.3 Å². The van der Waals surface area contributed by atoms with E-state index in [2.05, 4.69) is 34.4 Å². The van der Waals surface area contributed by atoms with E-state index in [0.717, 1.165) is 50.6 Å². The number of aryl methyl sites for hydroxylation is 2. The van der Waals surface area contributed by atoms with Crippen molar-refractivity contribution >= 4 is 22.6 Å². The van der Waals surface area contributed by atoms with Crippen LogP contribution in [0.25, 0.3) is 10.9 Å². The van der Waals surface area contributed by atoms with Gasteiger partial charge in [-0.2, -0.15) is 0 Å². The molecule has 1 aliphatic heterocycles. The Labute approximate surface area is 196 Å². The van der Waals surface area contributed by atoms with Gasteiger partial charge in [0.05, 0.1) is 12.1 Å². The molecule has 0 atom stereocenters. The molecule has 0 saturated heterocycles. The number of Topliss-reactive ketones (excluding diaryl/α,β-unsaturated/α-hetero) is 1. The van der Waals surface area contributed by atoms with Gasteiger partial charge in [0, 0.05) is 37.4 Å². The van der Waals surface area contributed by atoms with Crippen molar-refractivity contribution in [3.8, 4) is 0 Å². The number of benzene rings is 2. The molecule has 1 aliphatic rings. The van der Waals surface area contributed by atoms with E-state index in [9.17, 15) is 9.59 Å². The standard InChI is InChI=1S/C28H34N2O3/c31-25(19-24-20-30-18-10-14-23-13-9-16-26(24)28(23)30)15-7-2-1-3-8-17-27(32)29-33-21-22-11-5-4-6-12-22/h4-6,9,11-13,16,20H,1-3,7-8,10,14-15,17-19,21H2,(H,29,32). The summed E-state index contributed by atoms with van der Waals surface area (Å²) in [6, 6.07) is 16.3. The number of amides is 1. The van der Waals surface area contributed by atoms with Crippen LogP contribution in [0.5, 0.6) is 0 Å². The van der Waals surface area contributed by atoms with Crippen LogP contribution in [0.4, 0.5) is 0 Å². The molecule has 0 unspecified atom stereocenters. The van der Waals surface area contributed by atoms with Gasteiger partial charge in [0.1, 0.15) is 5.78 Å². The minimum absolute atomic E-state index is 0.0765. The highest BCUT2D eigenvalue weighted by Gasteiger charge is 2.17. The van der Waals surface area contributed by atoms with E-state index >= 15 is 0 Å². The molecular weight excluding hydrogens is 412 g/mol. The molecule has 1 N–H and O–H groups in total. The Bertz CT molecular complexity index is 1070. The van der Waals surface area contributed by atoms with Crippen molar-refractivity contribution in [3.63, 3.8) is 0 Å². The summed E-state index contributed by atoms with van der Waals surface area (Å²) in [7, 11) is 0. The molecule has 0 spiro atoms. The third-order valence-corrected chi connectivity index (χ3v) is 6.42. The van der Waals surface area contributed by atoms with E-state index in [1.165, 1.54) is 28.5 Å². The first-order chi connectivity index (χ1) is 16.2. The smallest absolute Gasteiger partial charge is 0.243 e. The van der Waals surface area contributed by atoms with Gasteiger partial charge in [0.2, 0.25) is 5.91 Å². The number of para-hydroxylation sites is 1. The Morgan fingerprint density at radius 1 is 0.909 bits per heavy atom. The highest BCUT2D eigenvalue weighted by molar-refractivity contribution is 5.92. The summed E-state index contributed by atoms with van der Waals surface area (Å²) in [6.07, 6.45) is 11.0. The fourth-order valence-corrected chi connectivity index (χ4v) is 4.73. The molecule has 4 rings (SSSR count). The highest BCUT2D eigenvalue weighted by atomic mass is 16.6. The lowest BCUT2D eigenvalue weighted by Gasteiger charge is -2.14. The lowest BCUT2D eigenvalue weighted by atomic mass is 10.00. The normalized spacial score (nSPS) is 12.7. The second kappa shape index (κ2) is 11.8. The van der Waals surface area contributed by atoms with Gasteiger partial charge >= 0.3 is 0 Å². The minimum atomic E-state index is -0.0765. The van der Waals surface area contributed by atoms with Crippen LogP contribution >= 0.6 is 0 Å². The van der Waals surface area contributed by atoms with Crippen LogP contribution in [0.1, 0.15) is 68.1 Å². The van der Waals surface area contributed by atoms with Gasteiger partial charge in [-0.15, -0.1) is 0 Å². The summed E-state index contributed by atoms with van der Waals surface area (Å²) < 4.78 is 2.33. The van der Waals surface area contributed by atoms with Crippen molar-refractivity contribution < 1.29 is 14.4 Å². The number of rotatable bonds is 13. The maximum absolute atomic E-state index is 12.6. The van der Waals surface area contributed by atoms with Crippen LogP contribution in [0.15, 0.2) is 54.7 Å². The Kier molecular flexibility index (Phi) is 8.31. The van der Waals surface area contributed by atoms with Gasteiger partial charge < -0.3 is 4.57 Å². The van der Waals surface area contributed by atoms with Gasteiger partial charge in [-0.1, -0.05) is 67.8 Å². The van der Waals surface area contributed by atoms with Crippen LogP contribution in [-0.2, 0) is 40.4 Å². The van der Waals surface area contributed by atoms with Crippen LogP contribution in [-0.4, -0.2) is 16.3 Å². The van der Waals surface area contributed by atoms with Gasteiger partial charge in [-0.25, -0.2) is 5.48 Å². The second-order valence-corrected chi connectivity index (χ2v) is 9.05. The summed E-state index contributed by atoms with van der Waals surface area (Å²) >= 11 is 0. The predicted molar refractivity (Wildman–Crippen MR) is 131 cm³/mol. The minimum Gasteiger partial charge on any atom is -0.347 e. The van der Waals surface area contributed by atoms with Crippen LogP contribution < -0.4 is 5.48 Å². The summed E-state index contributed by atoms with van der Waals surface area (Å²) in [5.41, 5.74) is 7.47. The molecule has 2 heterocycles. The number of ketones is 1. The van der Waals surface area contributed by atoms with Crippen molar-refractivity contribution in [3.05, 3.63) is 71.4 Å². The fourth-order valence-electron chi connectivity index (χ4n) is 4.73. The van der Waals surface area contributed by atoms with Gasteiger partial charge in [0.15, 0.2) is 0 Å². The Morgan fingerprint density at radius 3 is 2.55 bits per heavy atom. The second-order valence-electron chi connectivity index (χ2n) is 9.05. The third kappa shape index (κ3) is 6.55. The summed E-state index contributed by atoms with van der Waals surface area (Å²) in [6.45, 7) is 1.43. The van der Waals surface area contributed by atoms with Crippen molar-refractivity contribution in [2.75, 3.05) is 0 Å². The average molecular weight is 447 g/mol. The van der Waals surface area contributed by atoms with E-state index < -0.39 is 0 Å². The molecule has 1 amide bonds. The van der Waals surface area contributed by atoms with Crippen molar-refractivity contribution in [2.45, 2.75) is 77.4 Å². The molecule has 5 nitrogen and oxygen atoms in total. The number of nitrogens with one attached hydrogen (secondary N) is 1. The number of unbranched alkanes of at least 4 members (excludes halogenated alkanes) is 4. The number of aromatic nitrogens is 1. The Morgan fingerprint density at radius 2 is 1.70 bits per heavy atom. The van der Waals surface area contributed by atoms with E-state index in [1.54, 1.807) is 0 Å². The first-order valence-corrected chi connectivity index (χ1v) is 12.3. The highest BCUT2D eigenvalue weighted by Crippen LogP contribution is 2.30. The lowest BCUT2D eigenvalue weighted by Crippen LogP contribution is -2.23. The van der Waals surface area contributed by atoms with Gasteiger partial charge in [-0.3, -0.25) is 14.4 Å². The molecule has 33 heavy (non-hydrogen) atoms. The molecule has 2 aromatic carbocycles. The van der Waals surface area contributed by atoms with Crippen molar-refractivity contribution in [1.82, 2.24) is 10.0 Å². The largest absolute Gasteiger partial charge is 0.347 e.